The zero-order valence-corrected chi connectivity index (χ0v) is 11.8. The van der Waals surface area contributed by atoms with Crippen molar-refractivity contribution in [2.45, 2.75) is 32.2 Å². The number of benzene rings is 1. The Kier molecular flexibility index (Phi) is 5.23. The molecule has 6 nitrogen and oxygen atoms in total. The molecule has 9 heteroatoms. The summed E-state index contributed by atoms with van der Waals surface area (Å²) < 4.78 is 39.7. The topological polar surface area (TPSA) is 87.7 Å². The molecule has 0 fully saturated rings. The molecule has 1 atom stereocenters. The first kappa shape index (κ1) is 17.6. The number of carbonyl (C=O) groups excluding carboxylic acids is 1. The van der Waals surface area contributed by atoms with E-state index in [9.17, 15) is 22.8 Å². The maximum Gasteiger partial charge on any atom is 0.573 e. The zero-order chi connectivity index (χ0) is 17.0. The van der Waals surface area contributed by atoms with Crippen LogP contribution in [0.4, 0.5) is 23.7 Å². The summed E-state index contributed by atoms with van der Waals surface area (Å²) in [5, 5.41) is 13.6. The van der Waals surface area contributed by atoms with E-state index in [1.807, 2.05) is 0 Å². The average molecular weight is 320 g/mol. The number of nitrogens with one attached hydrogen (secondary N) is 2. The number of carboxylic acid groups (broad SMARTS) is 1. The van der Waals surface area contributed by atoms with Crippen molar-refractivity contribution < 1.29 is 32.6 Å². The number of ether oxygens (including phenoxy) is 1. The minimum atomic E-state index is -4.79. The maximum atomic E-state index is 12.0. The van der Waals surface area contributed by atoms with Gasteiger partial charge >= 0.3 is 18.4 Å². The summed E-state index contributed by atoms with van der Waals surface area (Å²) in [4.78, 5) is 22.8. The number of hydrogen-bond donors (Lipinski definition) is 3. The summed E-state index contributed by atoms with van der Waals surface area (Å²) in [6.07, 6.45) is -4.63. The van der Waals surface area contributed by atoms with E-state index in [4.69, 9.17) is 5.11 Å². The lowest BCUT2D eigenvalue weighted by molar-refractivity contribution is -0.274. The second kappa shape index (κ2) is 6.54. The highest BCUT2D eigenvalue weighted by atomic mass is 19.4. The van der Waals surface area contributed by atoms with Crippen molar-refractivity contribution in [2.75, 3.05) is 5.32 Å². The van der Waals surface area contributed by atoms with E-state index in [2.05, 4.69) is 15.4 Å². The highest BCUT2D eigenvalue weighted by molar-refractivity contribution is 5.93. The van der Waals surface area contributed by atoms with Gasteiger partial charge < -0.3 is 20.5 Å². The van der Waals surface area contributed by atoms with Crippen LogP contribution in [-0.4, -0.2) is 29.0 Å². The fourth-order valence-corrected chi connectivity index (χ4v) is 1.45. The van der Waals surface area contributed by atoms with Gasteiger partial charge in [-0.1, -0.05) is 6.92 Å². The zero-order valence-electron chi connectivity index (χ0n) is 11.8. The molecule has 0 bridgehead atoms. The lowest BCUT2D eigenvalue weighted by Crippen LogP contribution is -2.53. The Labute approximate surface area is 124 Å². The van der Waals surface area contributed by atoms with E-state index < -0.39 is 29.7 Å². The Morgan fingerprint density at radius 3 is 2.18 bits per heavy atom. The molecule has 0 aliphatic heterocycles. The van der Waals surface area contributed by atoms with Crippen molar-refractivity contribution >= 4 is 17.7 Å². The third-order valence-corrected chi connectivity index (χ3v) is 2.91. The van der Waals surface area contributed by atoms with Crippen molar-refractivity contribution in [3.8, 4) is 5.75 Å². The van der Waals surface area contributed by atoms with Gasteiger partial charge in [-0.3, -0.25) is 0 Å². The van der Waals surface area contributed by atoms with Gasteiger partial charge in [0.1, 0.15) is 11.3 Å². The van der Waals surface area contributed by atoms with Crippen molar-refractivity contribution in [2.24, 2.45) is 0 Å². The molecule has 1 rings (SSSR count). The predicted octanol–water partition coefficient (Wildman–Crippen LogP) is 2.96. The molecule has 122 valence electrons. The standard InChI is InChI=1S/C13H15F3N2O4/c1-3-12(2,10(19)20)18-11(21)17-8-4-6-9(7-5-8)22-13(14,15)16/h4-7H,3H2,1-2H3,(H,19,20)(H2,17,18,21)/t12-/m0/s1. The van der Waals surface area contributed by atoms with Crippen LogP contribution in [0.25, 0.3) is 0 Å². The molecular formula is C13H15F3N2O4. The van der Waals surface area contributed by atoms with Gasteiger partial charge in [0.15, 0.2) is 0 Å². The number of halogens is 3. The van der Waals surface area contributed by atoms with E-state index in [0.29, 0.717) is 0 Å². The molecule has 1 aromatic rings. The summed E-state index contributed by atoms with van der Waals surface area (Å²) in [6, 6.07) is 3.67. The van der Waals surface area contributed by atoms with Gasteiger partial charge in [0.25, 0.3) is 0 Å². The number of carboxylic acids is 1. The Morgan fingerprint density at radius 2 is 1.77 bits per heavy atom. The molecule has 0 spiro atoms. The molecule has 0 unspecified atom stereocenters. The molecule has 0 aliphatic carbocycles. The van der Waals surface area contributed by atoms with Crippen LogP contribution in [0.3, 0.4) is 0 Å². The van der Waals surface area contributed by atoms with Crippen LogP contribution in [-0.2, 0) is 4.79 Å². The molecule has 0 radical (unpaired) electrons. The van der Waals surface area contributed by atoms with E-state index in [1.165, 1.54) is 19.1 Å². The highest BCUT2D eigenvalue weighted by Crippen LogP contribution is 2.24. The molecular weight excluding hydrogens is 305 g/mol. The number of hydrogen-bond acceptors (Lipinski definition) is 3. The molecule has 0 aliphatic rings. The molecule has 0 saturated heterocycles. The monoisotopic (exact) mass is 320 g/mol. The van der Waals surface area contributed by atoms with Gasteiger partial charge in [-0.05, 0) is 37.6 Å². The SMILES string of the molecule is CC[C@](C)(NC(=O)Nc1ccc(OC(F)(F)F)cc1)C(=O)O. The summed E-state index contributed by atoms with van der Waals surface area (Å²) in [6.45, 7) is 2.94. The van der Waals surface area contributed by atoms with Crippen LogP contribution >= 0.6 is 0 Å². The number of rotatable bonds is 5. The molecule has 2 amide bonds. The molecule has 0 heterocycles. The van der Waals surface area contributed by atoms with E-state index >= 15 is 0 Å². The van der Waals surface area contributed by atoms with Crippen molar-refractivity contribution in [3.63, 3.8) is 0 Å². The molecule has 22 heavy (non-hydrogen) atoms. The number of alkyl halides is 3. The Bertz CT molecular complexity index is 545. The van der Waals surface area contributed by atoms with Gasteiger partial charge in [-0.15, -0.1) is 13.2 Å². The highest BCUT2D eigenvalue weighted by Gasteiger charge is 2.33. The molecule has 0 saturated carbocycles. The van der Waals surface area contributed by atoms with Gasteiger partial charge in [0.2, 0.25) is 0 Å². The predicted molar refractivity (Wildman–Crippen MR) is 71.6 cm³/mol. The van der Waals surface area contributed by atoms with Gasteiger partial charge in [0, 0.05) is 5.69 Å². The third-order valence-electron chi connectivity index (χ3n) is 2.91. The van der Waals surface area contributed by atoms with Crippen LogP contribution in [0.1, 0.15) is 20.3 Å². The number of anilines is 1. The number of carbonyl (C=O) groups is 2. The molecule has 1 aromatic carbocycles. The average Bonchev–Trinajstić information content (AvgIpc) is 2.39. The molecule has 0 aromatic heterocycles. The number of urea groups is 1. The van der Waals surface area contributed by atoms with Crippen LogP contribution < -0.4 is 15.4 Å². The van der Waals surface area contributed by atoms with E-state index in [-0.39, 0.29) is 12.1 Å². The minimum Gasteiger partial charge on any atom is -0.480 e. The van der Waals surface area contributed by atoms with Crippen molar-refractivity contribution in [1.29, 1.82) is 0 Å². The summed E-state index contributed by atoms with van der Waals surface area (Å²) >= 11 is 0. The summed E-state index contributed by atoms with van der Waals surface area (Å²) in [5.41, 5.74) is -1.25. The maximum absolute atomic E-state index is 12.0. The lowest BCUT2D eigenvalue weighted by atomic mass is 10.00. The van der Waals surface area contributed by atoms with Crippen molar-refractivity contribution in [1.82, 2.24) is 5.32 Å². The van der Waals surface area contributed by atoms with Crippen LogP contribution in [0.15, 0.2) is 24.3 Å². The third kappa shape index (κ3) is 5.15. The Hall–Kier alpha value is -2.45. The first-order valence-corrected chi connectivity index (χ1v) is 6.24. The number of amides is 2. The normalized spacial score (nSPS) is 13.9. The quantitative estimate of drug-likeness (QED) is 0.778. The fourth-order valence-electron chi connectivity index (χ4n) is 1.45. The van der Waals surface area contributed by atoms with E-state index in [0.717, 1.165) is 12.1 Å². The second-order valence-electron chi connectivity index (χ2n) is 4.64. The van der Waals surface area contributed by atoms with Gasteiger partial charge in [0.05, 0.1) is 0 Å². The first-order valence-electron chi connectivity index (χ1n) is 6.24. The summed E-state index contributed by atoms with van der Waals surface area (Å²) in [5.74, 6) is -1.62. The fraction of sp³-hybridized carbons (Fsp3) is 0.385. The second-order valence-corrected chi connectivity index (χ2v) is 4.64. The van der Waals surface area contributed by atoms with Crippen molar-refractivity contribution in [3.05, 3.63) is 24.3 Å². The summed E-state index contributed by atoms with van der Waals surface area (Å²) in [7, 11) is 0. The van der Waals surface area contributed by atoms with Crippen LogP contribution in [0, 0.1) is 0 Å². The largest absolute Gasteiger partial charge is 0.573 e. The Morgan fingerprint density at radius 1 is 1.23 bits per heavy atom. The van der Waals surface area contributed by atoms with Gasteiger partial charge in [-0.25, -0.2) is 9.59 Å². The Balaban J connectivity index is 2.67. The van der Waals surface area contributed by atoms with Crippen LogP contribution in [0.2, 0.25) is 0 Å². The molecule has 3 N–H and O–H groups in total. The van der Waals surface area contributed by atoms with Crippen LogP contribution in [0.5, 0.6) is 5.75 Å². The van der Waals surface area contributed by atoms with Gasteiger partial charge in [-0.2, -0.15) is 0 Å². The van der Waals surface area contributed by atoms with E-state index in [1.54, 1.807) is 6.92 Å². The minimum absolute atomic E-state index is 0.161. The first-order chi connectivity index (χ1) is 10.1. The smallest absolute Gasteiger partial charge is 0.480 e. The number of aliphatic carboxylic acids is 1. The lowest BCUT2D eigenvalue weighted by Gasteiger charge is -2.24.